The second-order valence-electron chi connectivity index (χ2n) is 3.68. The third-order valence-corrected chi connectivity index (χ3v) is 3.04. The van der Waals surface area contributed by atoms with Crippen LogP contribution in [0.3, 0.4) is 0 Å². The van der Waals surface area contributed by atoms with Crippen LogP contribution >= 0.6 is 15.9 Å². The first-order valence-corrected chi connectivity index (χ1v) is 6.21. The summed E-state index contributed by atoms with van der Waals surface area (Å²) in [4.78, 5) is 11.7. The largest absolute Gasteiger partial charge is 0.268 e. The fourth-order valence-corrected chi connectivity index (χ4v) is 2.08. The molecule has 90 valence electrons. The van der Waals surface area contributed by atoms with Gasteiger partial charge in [-0.15, -0.1) is 0 Å². The summed E-state index contributed by atoms with van der Waals surface area (Å²) in [6, 6.07) is 13.1. The Labute approximate surface area is 113 Å². The van der Waals surface area contributed by atoms with Crippen molar-refractivity contribution in [3.05, 3.63) is 51.2 Å². The zero-order valence-electron chi connectivity index (χ0n) is 9.51. The molecule has 2 aromatic rings. The first kappa shape index (κ1) is 12.5. The van der Waals surface area contributed by atoms with E-state index in [4.69, 9.17) is 5.26 Å². The molecule has 0 N–H and O–H groups in total. The monoisotopic (exact) mass is 303 g/mol. The quantitative estimate of drug-likeness (QED) is 0.875. The van der Waals surface area contributed by atoms with E-state index >= 15 is 0 Å². The van der Waals surface area contributed by atoms with Crippen molar-refractivity contribution in [1.29, 1.82) is 5.26 Å². The highest BCUT2D eigenvalue weighted by Crippen LogP contribution is 2.23. The van der Waals surface area contributed by atoms with E-state index < -0.39 is 0 Å². The number of rotatable bonds is 3. The maximum Gasteiger partial charge on any atom is 0.267 e. The standard InChI is InChI=1S/C13H10BrN3O/c14-11-9-12(18)17(8-4-7-15)16-13(11)10-5-2-1-3-6-10/h1-3,5-6,9H,4,8H2. The fourth-order valence-electron chi connectivity index (χ4n) is 1.58. The molecule has 0 saturated heterocycles. The molecule has 1 aromatic heterocycles. The Morgan fingerprint density at radius 2 is 2.06 bits per heavy atom. The van der Waals surface area contributed by atoms with Gasteiger partial charge in [-0.1, -0.05) is 30.3 Å². The van der Waals surface area contributed by atoms with E-state index in [-0.39, 0.29) is 12.0 Å². The average molecular weight is 304 g/mol. The predicted molar refractivity (Wildman–Crippen MR) is 71.9 cm³/mol. The lowest BCUT2D eigenvalue weighted by Crippen LogP contribution is -2.22. The van der Waals surface area contributed by atoms with E-state index in [1.165, 1.54) is 10.7 Å². The van der Waals surface area contributed by atoms with E-state index in [9.17, 15) is 4.79 Å². The third-order valence-electron chi connectivity index (χ3n) is 2.43. The molecule has 1 heterocycles. The predicted octanol–water partition coefficient (Wildman–Crippen LogP) is 2.59. The molecule has 0 spiro atoms. The average Bonchev–Trinajstić information content (AvgIpc) is 2.39. The van der Waals surface area contributed by atoms with Crippen LogP contribution in [-0.4, -0.2) is 9.78 Å². The molecule has 0 saturated carbocycles. The number of aromatic nitrogens is 2. The molecular weight excluding hydrogens is 294 g/mol. The summed E-state index contributed by atoms with van der Waals surface area (Å²) in [5.41, 5.74) is 1.42. The van der Waals surface area contributed by atoms with Crippen LogP contribution in [0, 0.1) is 11.3 Å². The molecule has 0 amide bonds. The summed E-state index contributed by atoms with van der Waals surface area (Å²) < 4.78 is 1.97. The number of nitrogens with zero attached hydrogens (tertiary/aromatic N) is 3. The number of benzene rings is 1. The van der Waals surface area contributed by atoms with E-state index in [1.807, 2.05) is 36.4 Å². The Kier molecular flexibility index (Phi) is 3.90. The number of hydrogen-bond donors (Lipinski definition) is 0. The van der Waals surface area contributed by atoms with Crippen molar-refractivity contribution in [1.82, 2.24) is 9.78 Å². The topological polar surface area (TPSA) is 58.7 Å². The van der Waals surface area contributed by atoms with Crippen LogP contribution in [0.2, 0.25) is 0 Å². The van der Waals surface area contributed by atoms with Crippen LogP contribution in [0.4, 0.5) is 0 Å². The first-order valence-electron chi connectivity index (χ1n) is 5.42. The van der Waals surface area contributed by atoms with Crippen molar-refractivity contribution in [2.24, 2.45) is 0 Å². The Balaban J connectivity index is 2.49. The lowest BCUT2D eigenvalue weighted by Gasteiger charge is -2.07. The minimum Gasteiger partial charge on any atom is -0.268 e. The van der Waals surface area contributed by atoms with Crippen molar-refractivity contribution in [3.63, 3.8) is 0 Å². The first-order chi connectivity index (χ1) is 8.72. The molecule has 4 nitrogen and oxygen atoms in total. The second kappa shape index (κ2) is 5.61. The van der Waals surface area contributed by atoms with E-state index in [2.05, 4.69) is 21.0 Å². The number of hydrogen-bond acceptors (Lipinski definition) is 3. The number of halogens is 1. The van der Waals surface area contributed by atoms with E-state index in [0.717, 1.165) is 5.56 Å². The van der Waals surface area contributed by atoms with Gasteiger partial charge >= 0.3 is 0 Å². The van der Waals surface area contributed by atoms with Gasteiger partial charge in [0.2, 0.25) is 0 Å². The van der Waals surface area contributed by atoms with Crippen LogP contribution < -0.4 is 5.56 Å². The van der Waals surface area contributed by atoms with Crippen LogP contribution in [0.25, 0.3) is 11.3 Å². The number of nitriles is 1. The van der Waals surface area contributed by atoms with Crippen LogP contribution in [0.1, 0.15) is 6.42 Å². The summed E-state index contributed by atoms with van der Waals surface area (Å²) in [5.74, 6) is 0. The van der Waals surface area contributed by atoms with Gasteiger partial charge in [0.1, 0.15) is 5.69 Å². The van der Waals surface area contributed by atoms with Gasteiger partial charge in [0.25, 0.3) is 5.56 Å². The lowest BCUT2D eigenvalue weighted by atomic mass is 10.1. The Morgan fingerprint density at radius 1 is 1.33 bits per heavy atom. The van der Waals surface area contributed by atoms with Gasteiger partial charge in [-0.2, -0.15) is 10.4 Å². The van der Waals surface area contributed by atoms with Gasteiger partial charge in [0, 0.05) is 11.6 Å². The Bertz CT molecular complexity index is 644. The fraction of sp³-hybridized carbons (Fsp3) is 0.154. The molecule has 0 fully saturated rings. The van der Waals surface area contributed by atoms with Gasteiger partial charge < -0.3 is 0 Å². The van der Waals surface area contributed by atoms with Crippen molar-refractivity contribution in [2.75, 3.05) is 0 Å². The summed E-state index contributed by atoms with van der Waals surface area (Å²) in [6.07, 6.45) is 0.267. The van der Waals surface area contributed by atoms with Crippen molar-refractivity contribution < 1.29 is 0 Å². The molecule has 1 aromatic carbocycles. The minimum absolute atomic E-state index is 0.211. The molecule has 0 bridgehead atoms. The molecule has 2 rings (SSSR count). The zero-order chi connectivity index (χ0) is 13.0. The highest BCUT2D eigenvalue weighted by molar-refractivity contribution is 9.10. The molecule has 0 aliphatic carbocycles. The highest BCUT2D eigenvalue weighted by atomic mass is 79.9. The second-order valence-corrected chi connectivity index (χ2v) is 4.53. The van der Waals surface area contributed by atoms with Gasteiger partial charge in [-0.05, 0) is 15.9 Å². The Hall–Kier alpha value is -1.93. The van der Waals surface area contributed by atoms with Gasteiger partial charge in [0.15, 0.2) is 0 Å². The molecule has 0 aliphatic rings. The van der Waals surface area contributed by atoms with E-state index in [0.29, 0.717) is 16.7 Å². The smallest absolute Gasteiger partial charge is 0.267 e. The number of aryl methyl sites for hydroxylation is 1. The normalized spacial score (nSPS) is 10.0. The molecule has 0 atom stereocenters. The zero-order valence-corrected chi connectivity index (χ0v) is 11.1. The molecule has 0 aliphatic heterocycles. The SMILES string of the molecule is N#CCCn1nc(-c2ccccc2)c(Br)cc1=O. The van der Waals surface area contributed by atoms with Gasteiger partial charge in [-0.3, -0.25) is 4.79 Å². The summed E-state index contributed by atoms with van der Waals surface area (Å²) in [6.45, 7) is 0.308. The minimum atomic E-state index is -0.211. The van der Waals surface area contributed by atoms with Crippen LogP contribution in [0.15, 0.2) is 45.7 Å². The summed E-state index contributed by atoms with van der Waals surface area (Å²) in [5, 5.41) is 12.8. The maximum absolute atomic E-state index is 11.7. The van der Waals surface area contributed by atoms with Gasteiger partial charge in [0.05, 0.1) is 23.5 Å². The molecular formula is C13H10BrN3O. The molecule has 0 radical (unpaired) electrons. The van der Waals surface area contributed by atoms with Crippen molar-refractivity contribution in [2.45, 2.75) is 13.0 Å². The molecule has 5 heteroatoms. The van der Waals surface area contributed by atoms with E-state index in [1.54, 1.807) is 0 Å². The summed E-state index contributed by atoms with van der Waals surface area (Å²) in [7, 11) is 0. The summed E-state index contributed by atoms with van der Waals surface area (Å²) >= 11 is 3.35. The van der Waals surface area contributed by atoms with Crippen molar-refractivity contribution >= 4 is 15.9 Å². The highest BCUT2D eigenvalue weighted by Gasteiger charge is 2.08. The molecule has 18 heavy (non-hydrogen) atoms. The van der Waals surface area contributed by atoms with Crippen LogP contribution in [0.5, 0.6) is 0 Å². The Morgan fingerprint density at radius 3 is 2.72 bits per heavy atom. The van der Waals surface area contributed by atoms with Crippen LogP contribution in [-0.2, 0) is 6.54 Å². The lowest BCUT2D eigenvalue weighted by molar-refractivity contribution is 0.590. The molecule has 0 unspecified atom stereocenters. The maximum atomic E-state index is 11.7. The van der Waals surface area contributed by atoms with Gasteiger partial charge in [-0.25, -0.2) is 4.68 Å². The van der Waals surface area contributed by atoms with Crippen molar-refractivity contribution in [3.8, 4) is 17.3 Å². The third kappa shape index (κ3) is 2.66.